The van der Waals surface area contributed by atoms with Crippen molar-refractivity contribution in [2.45, 2.75) is 134 Å². The molecule has 3 N–H and O–H groups in total. The van der Waals surface area contributed by atoms with Crippen molar-refractivity contribution >= 4 is 23.4 Å². The number of aliphatic hydroxyl groups is 1. The van der Waals surface area contributed by atoms with Gasteiger partial charge in [-0.25, -0.2) is 0 Å². The molecule has 6 rings (SSSR count). The first-order valence-corrected chi connectivity index (χ1v) is 19.0. The number of benzene rings is 2. The fraction of sp³-hybridized carbons (Fsp3) is 0.625. The molecule has 1 aliphatic carbocycles. The molecule has 0 radical (unpaired) electrons. The minimum Gasteiger partial charge on any atom is -0.392 e. The van der Waals surface area contributed by atoms with Gasteiger partial charge >= 0.3 is 12.1 Å². The number of hydrogen-bond acceptors (Lipinski definition) is 7. The zero-order valence-corrected chi connectivity index (χ0v) is 31.0. The minimum absolute atomic E-state index is 0.0233. The molecule has 8 atom stereocenters. The van der Waals surface area contributed by atoms with E-state index in [1.54, 1.807) is 18.2 Å². The molecule has 290 valence electrons. The first kappa shape index (κ1) is 39.2. The van der Waals surface area contributed by atoms with Gasteiger partial charge in [0.05, 0.1) is 24.9 Å². The van der Waals surface area contributed by atoms with Crippen LogP contribution in [0.5, 0.6) is 0 Å². The number of rotatable bonds is 8. The number of likely N-dealkylation sites (tertiary alicyclic amines) is 2. The lowest BCUT2D eigenvalue weighted by Gasteiger charge is -2.51. The summed E-state index contributed by atoms with van der Waals surface area (Å²) in [7, 11) is 0. The SMILES string of the molecule is C[C@@H]1[C@H](CN2[C@@H](C(=O)NC(C)(C)C)CC[C@H]3CCCC[C@H]32)O[C@H](c2cccc(NC(=O)[C@@H]3CCCN3C(=O)C(F)(F)F)c2)O[C@@H]1c1ccc(CO)cc1. The van der Waals surface area contributed by atoms with Crippen LogP contribution < -0.4 is 10.6 Å². The van der Waals surface area contributed by atoms with Gasteiger partial charge in [-0.05, 0) is 88.5 Å². The molecule has 2 aromatic carbocycles. The molecule has 0 bridgehead atoms. The Balaban J connectivity index is 1.27. The first-order chi connectivity index (χ1) is 25.1. The molecule has 2 aromatic rings. The molecule has 1 saturated carbocycles. The number of nitrogens with one attached hydrogen (secondary N) is 2. The quantitative estimate of drug-likeness (QED) is 0.287. The number of hydrogen-bond donors (Lipinski definition) is 3. The van der Waals surface area contributed by atoms with Crippen molar-refractivity contribution in [1.29, 1.82) is 0 Å². The van der Waals surface area contributed by atoms with Gasteiger partial charge in [0.2, 0.25) is 11.8 Å². The summed E-state index contributed by atoms with van der Waals surface area (Å²) in [5, 5.41) is 15.6. The molecular formula is C40H53F3N4O6. The number of anilines is 1. The van der Waals surface area contributed by atoms with Crippen molar-refractivity contribution in [3.8, 4) is 0 Å². The Kier molecular flexibility index (Phi) is 11.9. The van der Waals surface area contributed by atoms with E-state index >= 15 is 0 Å². The van der Waals surface area contributed by atoms with Crippen molar-refractivity contribution in [1.82, 2.24) is 15.1 Å². The van der Waals surface area contributed by atoms with E-state index in [-0.39, 0.29) is 55.1 Å². The van der Waals surface area contributed by atoms with Crippen molar-refractivity contribution in [2.75, 3.05) is 18.4 Å². The number of halogens is 3. The number of alkyl halides is 3. The molecular weight excluding hydrogens is 689 g/mol. The van der Waals surface area contributed by atoms with Crippen molar-refractivity contribution in [3.05, 3.63) is 65.2 Å². The smallest absolute Gasteiger partial charge is 0.392 e. The van der Waals surface area contributed by atoms with Crippen LogP contribution in [-0.4, -0.2) is 81.7 Å². The van der Waals surface area contributed by atoms with Crippen LogP contribution in [0.25, 0.3) is 0 Å². The molecule has 3 heterocycles. The molecule has 13 heteroatoms. The molecule has 10 nitrogen and oxygen atoms in total. The third-order valence-corrected chi connectivity index (χ3v) is 11.3. The van der Waals surface area contributed by atoms with E-state index in [0.717, 1.165) is 43.2 Å². The Labute approximate surface area is 309 Å². The molecule has 0 aromatic heterocycles. The highest BCUT2D eigenvalue weighted by Gasteiger charge is 2.48. The van der Waals surface area contributed by atoms with Crippen LogP contribution in [0.1, 0.15) is 108 Å². The van der Waals surface area contributed by atoms with E-state index in [1.165, 1.54) is 6.42 Å². The largest absolute Gasteiger partial charge is 0.471 e. The van der Waals surface area contributed by atoms with Gasteiger partial charge in [-0.15, -0.1) is 0 Å². The third kappa shape index (κ3) is 9.07. The second kappa shape index (κ2) is 16.1. The Hall–Kier alpha value is -3.52. The van der Waals surface area contributed by atoms with E-state index in [4.69, 9.17) is 9.47 Å². The zero-order chi connectivity index (χ0) is 38.1. The van der Waals surface area contributed by atoms with Crippen LogP contribution in [0.2, 0.25) is 0 Å². The van der Waals surface area contributed by atoms with E-state index in [1.807, 2.05) is 51.1 Å². The van der Waals surface area contributed by atoms with Gasteiger partial charge in [0, 0.05) is 41.8 Å². The number of ether oxygens (including phenoxy) is 2. The van der Waals surface area contributed by atoms with Gasteiger partial charge < -0.3 is 30.1 Å². The van der Waals surface area contributed by atoms with Gasteiger partial charge in [-0.1, -0.05) is 56.2 Å². The molecule has 0 unspecified atom stereocenters. The maximum atomic E-state index is 13.8. The number of carbonyl (C=O) groups excluding carboxylic acids is 3. The number of piperidine rings is 1. The van der Waals surface area contributed by atoms with Crippen molar-refractivity contribution < 1.29 is 42.1 Å². The minimum atomic E-state index is -5.07. The summed E-state index contributed by atoms with van der Waals surface area (Å²) in [5.74, 6) is -2.31. The predicted octanol–water partition coefficient (Wildman–Crippen LogP) is 6.40. The fourth-order valence-corrected chi connectivity index (χ4v) is 8.70. The van der Waals surface area contributed by atoms with Crippen LogP contribution in [0.3, 0.4) is 0 Å². The number of amides is 3. The highest BCUT2D eigenvalue weighted by Crippen LogP contribution is 2.44. The standard InChI is InChI=1S/C40H53F3N4O6/c1-24-33(22-47-30-12-6-5-9-26(30)18-19-32(47)36(50)45-39(2,3)4)52-37(53-34(24)27-16-14-25(23-48)15-17-27)28-10-7-11-29(21-28)44-35(49)31-13-8-20-46(31)38(51)40(41,42)43/h7,10-11,14-17,21,24,26,30-34,37,48H,5-6,8-9,12-13,18-20,22-23H2,1-4H3,(H,44,49)(H,45,50)/t24-,26-,30-,31+,32-,33+,34+,37+/m1/s1. The van der Waals surface area contributed by atoms with E-state index in [0.29, 0.717) is 35.0 Å². The second-order valence-electron chi connectivity index (χ2n) is 16.2. The maximum Gasteiger partial charge on any atom is 0.471 e. The Morgan fingerprint density at radius 3 is 2.30 bits per heavy atom. The Morgan fingerprint density at radius 1 is 0.868 bits per heavy atom. The van der Waals surface area contributed by atoms with Gasteiger partial charge in [-0.2, -0.15) is 13.2 Å². The monoisotopic (exact) mass is 742 g/mol. The zero-order valence-electron chi connectivity index (χ0n) is 31.0. The Morgan fingerprint density at radius 2 is 1.60 bits per heavy atom. The first-order valence-electron chi connectivity index (χ1n) is 19.0. The predicted molar refractivity (Wildman–Crippen MR) is 192 cm³/mol. The molecule has 3 aliphatic heterocycles. The summed E-state index contributed by atoms with van der Waals surface area (Å²) in [5.41, 5.74) is 2.24. The third-order valence-electron chi connectivity index (χ3n) is 11.3. The van der Waals surface area contributed by atoms with E-state index in [2.05, 4.69) is 22.5 Å². The summed E-state index contributed by atoms with van der Waals surface area (Å²) >= 11 is 0. The van der Waals surface area contributed by atoms with Crippen LogP contribution in [-0.2, 0) is 30.5 Å². The average Bonchev–Trinajstić information content (AvgIpc) is 3.61. The van der Waals surface area contributed by atoms with Crippen LogP contribution in [0, 0.1) is 11.8 Å². The molecule has 4 fully saturated rings. The summed E-state index contributed by atoms with van der Waals surface area (Å²) < 4.78 is 53.2. The van der Waals surface area contributed by atoms with Crippen molar-refractivity contribution in [2.24, 2.45) is 11.8 Å². The summed E-state index contributed by atoms with van der Waals surface area (Å²) in [6, 6.07) is 13.2. The van der Waals surface area contributed by atoms with E-state index < -0.39 is 36.4 Å². The number of carbonyl (C=O) groups is 3. The fourth-order valence-electron chi connectivity index (χ4n) is 8.70. The topological polar surface area (TPSA) is 120 Å². The highest BCUT2D eigenvalue weighted by atomic mass is 19.4. The van der Waals surface area contributed by atoms with Crippen LogP contribution in [0.15, 0.2) is 48.5 Å². The number of nitrogens with zero attached hydrogens (tertiary/aromatic N) is 2. The van der Waals surface area contributed by atoms with Crippen LogP contribution >= 0.6 is 0 Å². The molecule has 53 heavy (non-hydrogen) atoms. The van der Waals surface area contributed by atoms with Gasteiger partial charge in [0.15, 0.2) is 6.29 Å². The number of aliphatic hydroxyl groups excluding tert-OH is 1. The second-order valence-corrected chi connectivity index (χ2v) is 16.2. The molecule has 4 aliphatic rings. The van der Waals surface area contributed by atoms with E-state index in [9.17, 15) is 32.7 Å². The van der Waals surface area contributed by atoms with Crippen LogP contribution in [0.4, 0.5) is 18.9 Å². The number of fused-ring (bicyclic) bond motifs is 1. The maximum absolute atomic E-state index is 13.8. The highest BCUT2D eigenvalue weighted by molar-refractivity contribution is 5.98. The molecule has 0 spiro atoms. The lowest BCUT2D eigenvalue weighted by molar-refractivity contribution is -0.278. The summed E-state index contributed by atoms with van der Waals surface area (Å²) in [6.45, 7) is 8.34. The lowest BCUT2D eigenvalue weighted by atomic mass is 9.75. The molecule has 3 saturated heterocycles. The van der Waals surface area contributed by atoms with Gasteiger partial charge in [0.1, 0.15) is 6.04 Å². The molecule has 3 amide bonds. The van der Waals surface area contributed by atoms with Crippen molar-refractivity contribution in [3.63, 3.8) is 0 Å². The summed E-state index contributed by atoms with van der Waals surface area (Å²) in [4.78, 5) is 42.1. The van der Waals surface area contributed by atoms with Gasteiger partial charge in [0.25, 0.3) is 0 Å². The average molecular weight is 743 g/mol. The summed E-state index contributed by atoms with van der Waals surface area (Å²) in [6.07, 6.45) is -0.0535. The normalized spacial score (nSPS) is 29.7. The Bertz CT molecular complexity index is 1610. The van der Waals surface area contributed by atoms with Gasteiger partial charge in [-0.3, -0.25) is 19.3 Å². The lowest BCUT2D eigenvalue weighted by Crippen LogP contribution is -2.61.